The molecule has 1 nitrogen and oxygen atoms in total. The number of fused-ring (bicyclic) bond motifs is 3. The summed E-state index contributed by atoms with van der Waals surface area (Å²) in [7, 11) is 0. The maximum atomic E-state index is 3.64. The summed E-state index contributed by atoms with van der Waals surface area (Å²) in [4.78, 5) is 3.64. The molecule has 1 heteroatoms. The first-order chi connectivity index (χ1) is 7.40. The third-order valence-corrected chi connectivity index (χ3v) is 3.60. The monoisotopic (exact) mass is 199 g/mol. The number of para-hydroxylation sites is 1. The van der Waals surface area contributed by atoms with E-state index in [1.165, 1.54) is 47.8 Å². The molecule has 1 heterocycles. The van der Waals surface area contributed by atoms with E-state index in [2.05, 4.69) is 30.1 Å². The second-order valence-corrected chi connectivity index (χ2v) is 4.48. The van der Waals surface area contributed by atoms with Crippen LogP contribution >= 0.6 is 0 Å². The van der Waals surface area contributed by atoms with Crippen molar-refractivity contribution in [2.75, 3.05) is 0 Å². The van der Waals surface area contributed by atoms with Crippen LogP contribution in [0.2, 0.25) is 0 Å². The highest BCUT2D eigenvalue weighted by Crippen LogP contribution is 2.30. The quantitative estimate of drug-likeness (QED) is 0.722. The van der Waals surface area contributed by atoms with Crippen molar-refractivity contribution < 1.29 is 0 Å². The Balaban J connectivity index is 2.31. The lowest BCUT2D eigenvalue weighted by Gasteiger charge is -2.10. The highest BCUT2D eigenvalue weighted by Gasteiger charge is 2.15. The van der Waals surface area contributed by atoms with Gasteiger partial charge in [-0.25, -0.2) is 0 Å². The summed E-state index contributed by atoms with van der Waals surface area (Å²) < 4.78 is 0. The number of benzene rings is 1. The molecule has 0 spiro atoms. The fraction of sp³-hybridized carbons (Fsp3) is 0.429. The molecular formula is C14H17N. The summed E-state index contributed by atoms with van der Waals surface area (Å²) in [5.74, 6) is 0. The van der Waals surface area contributed by atoms with Crippen molar-refractivity contribution in [1.29, 1.82) is 0 Å². The van der Waals surface area contributed by atoms with Gasteiger partial charge in [0.2, 0.25) is 0 Å². The molecule has 15 heavy (non-hydrogen) atoms. The SMILES string of the molecule is CCc1cccc2c3c([nH]c12)CCCC3. The minimum atomic E-state index is 1.12. The molecule has 1 aromatic heterocycles. The Bertz CT molecular complexity index is 493. The van der Waals surface area contributed by atoms with Crippen molar-refractivity contribution in [3.8, 4) is 0 Å². The van der Waals surface area contributed by atoms with Crippen LogP contribution in [0.5, 0.6) is 0 Å². The average Bonchev–Trinajstić information content (AvgIpc) is 2.67. The predicted octanol–water partition coefficient (Wildman–Crippen LogP) is 3.61. The van der Waals surface area contributed by atoms with E-state index in [0.29, 0.717) is 0 Å². The third-order valence-electron chi connectivity index (χ3n) is 3.60. The van der Waals surface area contributed by atoms with Crippen molar-refractivity contribution in [2.45, 2.75) is 39.0 Å². The van der Waals surface area contributed by atoms with E-state index in [1.807, 2.05) is 0 Å². The Hall–Kier alpha value is -1.24. The molecule has 0 atom stereocenters. The molecule has 0 radical (unpaired) electrons. The molecular weight excluding hydrogens is 182 g/mol. The van der Waals surface area contributed by atoms with Crippen molar-refractivity contribution in [3.05, 3.63) is 35.0 Å². The summed E-state index contributed by atoms with van der Waals surface area (Å²) in [5, 5.41) is 1.48. The van der Waals surface area contributed by atoms with Crippen molar-refractivity contribution >= 4 is 10.9 Å². The van der Waals surface area contributed by atoms with Gasteiger partial charge in [0.05, 0.1) is 0 Å². The van der Waals surface area contributed by atoms with Gasteiger partial charge in [-0.1, -0.05) is 25.1 Å². The molecule has 1 N–H and O–H groups in total. The van der Waals surface area contributed by atoms with E-state index in [0.717, 1.165) is 6.42 Å². The molecule has 0 fully saturated rings. The second-order valence-electron chi connectivity index (χ2n) is 4.48. The molecule has 1 aromatic carbocycles. The highest BCUT2D eigenvalue weighted by molar-refractivity contribution is 5.87. The van der Waals surface area contributed by atoms with Gasteiger partial charge in [0.25, 0.3) is 0 Å². The molecule has 78 valence electrons. The lowest BCUT2D eigenvalue weighted by atomic mass is 9.95. The molecule has 0 unspecified atom stereocenters. The Morgan fingerprint density at radius 2 is 2.07 bits per heavy atom. The fourth-order valence-corrected chi connectivity index (χ4v) is 2.79. The van der Waals surface area contributed by atoms with Gasteiger partial charge in [0.1, 0.15) is 0 Å². The molecule has 0 saturated carbocycles. The number of nitrogens with one attached hydrogen (secondary N) is 1. The smallest absolute Gasteiger partial charge is 0.0491 e. The number of aromatic nitrogens is 1. The van der Waals surface area contributed by atoms with Gasteiger partial charge >= 0.3 is 0 Å². The van der Waals surface area contributed by atoms with Gasteiger partial charge in [0, 0.05) is 16.6 Å². The Kier molecular flexibility index (Phi) is 2.05. The summed E-state index contributed by atoms with van der Waals surface area (Å²) >= 11 is 0. The van der Waals surface area contributed by atoms with E-state index in [-0.39, 0.29) is 0 Å². The number of H-pyrrole nitrogens is 1. The van der Waals surface area contributed by atoms with Gasteiger partial charge < -0.3 is 4.98 Å². The predicted molar refractivity (Wildman–Crippen MR) is 64.3 cm³/mol. The molecule has 2 aromatic rings. The van der Waals surface area contributed by atoms with Crippen molar-refractivity contribution in [1.82, 2.24) is 4.98 Å². The van der Waals surface area contributed by atoms with Gasteiger partial charge in [-0.3, -0.25) is 0 Å². The van der Waals surface area contributed by atoms with Crippen LogP contribution in [0.25, 0.3) is 10.9 Å². The maximum absolute atomic E-state index is 3.64. The Labute approximate surface area is 90.5 Å². The average molecular weight is 199 g/mol. The first-order valence-corrected chi connectivity index (χ1v) is 6.01. The van der Waals surface area contributed by atoms with E-state index >= 15 is 0 Å². The summed E-state index contributed by atoms with van der Waals surface area (Å²) in [5.41, 5.74) is 5.94. The fourth-order valence-electron chi connectivity index (χ4n) is 2.79. The molecule has 0 amide bonds. The third kappa shape index (κ3) is 1.30. The van der Waals surface area contributed by atoms with Crippen LogP contribution in [-0.4, -0.2) is 4.98 Å². The molecule has 1 aliphatic rings. The zero-order valence-electron chi connectivity index (χ0n) is 9.27. The zero-order chi connectivity index (χ0) is 10.3. The van der Waals surface area contributed by atoms with E-state index < -0.39 is 0 Å². The molecule has 0 bridgehead atoms. The Morgan fingerprint density at radius 3 is 2.93 bits per heavy atom. The van der Waals surface area contributed by atoms with Gasteiger partial charge in [0.15, 0.2) is 0 Å². The number of rotatable bonds is 1. The van der Waals surface area contributed by atoms with Crippen LogP contribution in [0, 0.1) is 0 Å². The Morgan fingerprint density at radius 1 is 1.20 bits per heavy atom. The first-order valence-electron chi connectivity index (χ1n) is 6.01. The zero-order valence-corrected chi connectivity index (χ0v) is 9.27. The topological polar surface area (TPSA) is 15.8 Å². The molecule has 0 aliphatic heterocycles. The van der Waals surface area contributed by atoms with Crippen molar-refractivity contribution in [3.63, 3.8) is 0 Å². The van der Waals surface area contributed by atoms with E-state index in [4.69, 9.17) is 0 Å². The largest absolute Gasteiger partial charge is 0.358 e. The van der Waals surface area contributed by atoms with Crippen molar-refractivity contribution in [2.24, 2.45) is 0 Å². The summed E-state index contributed by atoms with van der Waals surface area (Å²) in [6, 6.07) is 6.71. The number of hydrogen-bond acceptors (Lipinski definition) is 0. The lowest BCUT2D eigenvalue weighted by Crippen LogP contribution is -1.99. The molecule has 3 rings (SSSR count). The van der Waals surface area contributed by atoms with Crippen LogP contribution < -0.4 is 0 Å². The van der Waals surface area contributed by atoms with Crippen LogP contribution in [0.3, 0.4) is 0 Å². The standard InChI is InChI=1S/C14H17N/c1-2-10-6-5-8-12-11-7-3-4-9-13(11)15-14(10)12/h5-6,8,15H,2-4,7,9H2,1H3. The molecule has 1 aliphatic carbocycles. The van der Waals surface area contributed by atoms with Gasteiger partial charge in [-0.05, 0) is 43.2 Å². The van der Waals surface area contributed by atoms with Gasteiger partial charge in [-0.15, -0.1) is 0 Å². The number of hydrogen-bond donors (Lipinski definition) is 1. The van der Waals surface area contributed by atoms with E-state index in [1.54, 1.807) is 5.56 Å². The van der Waals surface area contributed by atoms with Crippen LogP contribution in [0.4, 0.5) is 0 Å². The normalized spacial score (nSPS) is 15.5. The van der Waals surface area contributed by atoms with Crippen LogP contribution in [-0.2, 0) is 19.3 Å². The molecule has 0 saturated heterocycles. The maximum Gasteiger partial charge on any atom is 0.0491 e. The van der Waals surface area contributed by atoms with Gasteiger partial charge in [-0.2, -0.15) is 0 Å². The number of aryl methyl sites for hydroxylation is 3. The van der Waals surface area contributed by atoms with Crippen LogP contribution in [0.1, 0.15) is 36.6 Å². The second kappa shape index (κ2) is 3.41. The first kappa shape index (κ1) is 9.02. The van der Waals surface area contributed by atoms with E-state index in [9.17, 15) is 0 Å². The summed E-state index contributed by atoms with van der Waals surface area (Å²) in [6.07, 6.45) is 6.34. The summed E-state index contributed by atoms with van der Waals surface area (Å²) in [6.45, 7) is 2.23. The van der Waals surface area contributed by atoms with Crippen LogP contribution in [0.15, 0.2) is 18.2 Å². The lowest BCUT2D eigenvalue weighted by molar-refractivity contribution is 0.680. The minimum Gasteiger partial charge on any atom is -0.358 e. The number of aromatic amines is 1. The minimum absolute atomic E-state index is 1.12. The highest BCUT2D eigenvalue weighted by atomic mass is 14.7.